The Morgan fingerprint density at radius 3 is 2.58 bits per heavy atom. The second-order valence-corrected chi connectivity index (χ2v) is 9.54. The first-order valence-corrected chi connectivity index (χ1v) is 11.3. The SMILES string of the molecule is CC1=C(/C=C/C(C)=C/C=C/C(C)=C/C(=O)OC2=C(O)C(C(O)CO)CC2=O)C(C)(C)CCC1. The zero-order chi connectivity index (χ0) is 24.8. The first-order chi connectivity index (χ1) is 15.5. The first kappa shape index (κ1) is 26.6. The zero-order valence-corrected chi connectivity index (χ0v) is 20.2. The van der Waals surface area contributed by atoms with Crippen molar-refractivity contribution in [1.29, 1.82) is 0 Å². The summed E-state index contributed by atoms with van der Waals surface area (Å²) in [5.74, 6) is -3.32. The third kappa shape index (κ3) is 7.14. The van der Waals surface area contributed by atoms with Crippen molar-refractivity contribution in [1.82, 2.24) is 0 Å². The lowest BCUT2D eigenvalue weighted by Gasteiger charge is -2.32. The van der Waals surface area contributed by atoms with E-state index in [0.717, 1.165) is 12.0 Å². The number of carbonyl (C=O) groups is 2. The number of ketones is 1. The Morgan fingerprint density at radius 2 is 1.94 bits per heavy atom. The molecule has 0 bridgehead atoms. The third-order valence-electron chi connectivity index (χ3n) is 6.22. The molecule has 0 saturated carbocycles. The maximum absolute atomic E-state index is 12.1. The molecule has 0 aromatic carbocycles. The highest BCUT2D eigenvalue weighted by Crippen LogP contribution is 2.40. The molecule has 0 spiro atoms. The average molecular weight is 457 g/mol. The molecule has 2 rings (SSSR count). The second-order valence-electron chi connectivity index (χ2n) is 9.54. The van der Waals surface area contributed by atoms with E-state index >= 15 is 0 Å². The average Bonchev–Trinajstić information content (AvgIpc) is 3.00. The number of rotatable bonds is 8. The maximum atomic E-state index is 12.1. The van der Waals surface area contributed by atoms with Gasteiger partial charge in [0.2, 0.25) is 11.5 Å². The van der Waals surface area contributed by atoms with Gasteiger partial charge in [-0.1, -0.05) is 55.4 Å². The van der Waals surface area contributed by atoms with Crippen LogP contribution < -0.4 is 0 Å². The molecule has 2 unspecified atom stereocenters. The number of Topliss-reactive ketones (excluding diaryl/α,β-unsaturated/α-hetero) is 1. The maximum Gasteiger partial charge on any atom is 0.336 e. The Balaban J connectivity index is 2.00. The van der Waals surface area contributed by atoms with Crippen LogP contribution in [-0.4, -0.2) is 39.8 Å². The van der Waals surface area contributed by atoms with Crippen LogP contribution in [0.25, 0.3) is 0 Å². The molecular formula is C27H36O6. The van der Waals surface area contributed by atoms with E-state index < -0.39 is 41.9 Å². The number of allylic oxidation sites excluding steroid dienone is 10. The van der Waals surface area contributed by atoms with Gasteiger partial charge in [-0.05, 0) is 56.6 Å². The lowest BCUT2D eigenvalue weighted by Crippen LogP contribution is -2.24. The summed E-state index contributed by atoms with van der Waals surface area (Å²) < 4.78 is 5.00. The van der Waals surface area contributed by atoms with Crippen LogP contribution in [0.15, 0.2) is 70.3 Å². The van der Waals surface area contributed by atoms with Gasteiger partial charge in [0.15, 0.2) is 0 Å². The van der Waals surface area contributed by atoms with Crippen LogP contribution in [0.5, 0.6) is 0 Å². The predicted octanol–water partition coefficient (Wildman–Crippen LogP) is 4.77. The highest BCUT2D eigenvalue weighted by atomic mass is 16.5. The molecule has 0 fully saturated rings. The topological polar surface area (TPSA) is 104 Å². The summed E-state index contributed by atoms with van der Waals surface area (Å²) in [6.45, 7) is 9.90. The van der Waals surface area contributed by atoms with Gasteiger partial charge in [0, 0.05) is 12.5 Å². The Hall–Kier alpha value is -2.70. The van der Waals surface area contributed by atoms with Crippen LogP contribution >= 0.6 is 0 Å². The van der Waals surface area contributed by atoms with Crippen LogP contribution in [-0.2, 0) is 14.3 Å². The molecule has 33 heavy (non-hydrogen) atoms. The van der Waals surface area contributed by atoms with Gasteiger partial charge in [0.05, 0.1) is 18.6 Å². The normalized spacial score (nSPS) is 23.2. The van der Waals surface area contributed by atoms with Crippen molar-refractivity contribution in [2.45, 2.75) is 66.4 Å². The van der Waals surface area contributed by atoms with Gasteiger partial charge in [-0.25, -0.2) is 4.79 Å². The molecule has 0 aliphatic heterocycles. The molecule has 2 atom stereocenters. The molecule has 0 radical (unpaired) electrons. The minimum absolute atomic E-state index is 0.190. The second kappa shape index (κ2) is 11.4. The molecule has 6 nitrogen and oxygen atoms in total. The molecule has 2 aliphatic carbocycles. The van der Waals surface area contributed by atoms with Crippen LogP contribution in [0.3, 0.4) is 0 Å². The lowest BCUT2D eigenvalue weighted by atomic mass is 9.72. The van der Waals surface area contributed by atoms with E-state index in [1.165, 1.54) is 30.1 Å². The van der Waals surface area contributed by atoms with Crippen molar-refractivity contribution < 1.29 is 29.6 Å². The van der Waals surface area contributed by atoms with E-state index in [1.54, 1.807) is 13.0 Å². The standard InChI is InChI=1S/C27H36O6/c1-17(11-12-21-19(3)10-7-13-27(21,4)5)8-6-9-18(2)14-24(31)33-26-22(29)15-20(25(26)32)23(30)16-28/h6,8-9,11-12,14,20,23,28,30,32H,7,10,13,15-16H2,1-5H3/b9-6+,12-11+,17-8+,18-14+. The Bertz CT molecular complexity index is 955. The van der Waals surface area contributed by atoms with E-state index in [4.69, 9.17) is 9.84 Å². The summed E-state index contributed by atoms with van der Waals surface area (Å²) in [7, 11) is 0. The van der Waals surface area contributed by atoms with Crippen molar-refractivity contribution in [3.8, 4) is 0 Å². The minimum atomic E-state index is -1.29. The van der Waals surface area contributed by atoms with Crippen molar-refractivity contribution in [3.05, 3.63) is 70.3 Å². The van der Waals surface area contributed by atoms with Gasteiger partial charge in [-0.3, -0.25) is 4.79 Å². The van der Waals surface area contributed by atoms with Gasteiger partial charge in [-0.15, -0.1) is 0 Å². The number of aliphatic hydroxyl groups excluding tert-OH is 3. The quantitative estimate of drug-likeness (QED) is 0.276. The molecule has 0 amide bonds. The molecule has 3 N–H and O–H groups in total. The third-order valence-corrected chi connectivity index (χ3v) is 6.22. The highest BCUT2D eigenvalue weighted by Gasteiger charge is 2.39. The molecule has 6 heteroatoms. The monoisotopic (exact) mass is 456 g/mol. The molecule has 0 saturated heterocycles. The lowest BCUT2D eigenvalue weighted by molar-refractivity contribution is -0.137. The first-order valence-electron chi connectivity index (χ1n) is 11.3. The number of hydrogen-bond donors (Lipinski definition) is 3. The summed E-state index contributed by atoms with van der Waals surface area (Å²) in [5.41, 5.74) is 4.72. The smallest absolute Gasteiger partial charge is 0.336 e. The van der Waals surface area contributed by atoms with Crippen LogP contribution in [0.1, 0.15) is 60.3 Å². The predicted molar refractivity (Wildman–Crippen MR) is 128 cm³/mol. The molecule has 0 heterocycles. The number of hydrogen-bond acceptors (Lipinski definition) is 6. The fourth-order valence-electron chi connectivity index (χ4n) is 4.25. The van der Waals surface area contributed by atoms with Gasteiger partial charge >= 0.3 is 5.97 Å². The fourth-order valence-corrected chi connectivity index (χ4v) is 4.25. The van der Waals surface area contributed by atoms with Gasteiger partial charge in [-0.2, -0.15) is 0 Å². The molecule has 0 aromatic rings. The van der Waals surface area contributed by atoms with E-state index in [1.807, 2.05) is 19.1 Å². The molecule has 180 valence electrons. The van der Waals surface area contributed by atoms with Crippen molar-refractivity contribution in [2.75, 3.05) is 6.61 Å². The van der Waals surface area contributed by atoms with E-state index in [0.29, 0.717) is 5.57 Å². The number of ether oxygens (including phenoxy) is 1. The van der Waals surface area contributed by atoms with Crippen LogP contribution in [0.2, 0.25) is 0 Å². The largest absolute Gasteiger partial charge is 0.508 e. The van der Waals surface area contributed by atoms with Gasteiger partial charge in [0.1, 0.15) is 5.76 Å². The Kier molecular flexibility index (Phi) is 9.20. The molecule has 2 aliphatic rings. The zero-order valence-electron chi connectivity index (χ0n) is 20.2. The highest BCUT2D eigenvalue weighted by molar-refractivity contribution is 6.00. The van der Waals surface area contributed by atoms with Crippen LogP contribution in [0.4, 0.5) is 0 Å². The fraction of sp³-hybridized carbons (Fsp3) is 0.481. The summed E-state index contributed by atoms with van der Waals surface area (Å²) in [6.07, 6.45) is 13.1. The number of carbonyl (C=O) groups excluding carboxylic acids is 2. The van der Waals surface area contributed by atoms with E-state index in [-0.39, 0.29) is 11.8 Å². The number of esters is 1. The Labute approximate surface area is 196 Å². The van der Waals surface area contributed by atoms with Gasteiger partial charge < -0.3 is 20.1 Å². The summed E-state index contributed by atoms with van der Waals surface area (Å²) in [6, 6.07) is 0. The Morgan fingerprint density at radius 1 is 1.24 bits per heavy atom. The van der Waals surface area contributed by atoms with Gasteiger partial charge in [0.25, 0.3) is 0 Å². The number of aliphatic hydroxyl groups is 3. The van der Waals surface area contributed by atoms with E-state index in [9.17, 15) is 19.8 Å². The minimum Gasteiger partial charge on any atom is -0.508 e. The van der Waals surface area contributed by atoms with Crippen LogP contribution in [0, 0.1) is 11.3 Å². The summed E-state index contributed by atoms with van der Waals surface area (Å²) in [4.78, 5) is 24.1. The van der Waals surface area contributed by atoms with Crippen molar-refractivity contribution >= 4 is 11.8 Å². The molecule has 0 aromatic heterocycles. The van der Waals surface area contributed by atoms with Crippen molar-refractivity contribution in [3.63, 3.8) is 0 Å². The van der Waals surface area contributed by atoms with Crippen molar-refractivity contribution in [2.24, 2.45) is 11.3 Å². The summed E-state index contributed by atoms with van der Waals surface area (Å²) in [5, 5.41) is 28.7. The summed E-state index contributed by atoms with van der Waals surface area (Å²) >= 11 is 0. The van der Waals surface area contributed by atoms with E-state index in [2.05, 4.69) is 32.9 Å². The molecular weight excluding hydrogens is 420 g/mol.